The van der Waals surface area contributed by atoms with Gasteiger partial charge in [-0.1, -0.05) is 48.5 Å². The monoisotopic (exact) mass is 380 g/mol. The summed E-state index contributed by atoms with van der Waals surface area (Å²) < 4.78 is 5.06. The molecule has 5 heteroatoms. The van der Waals surface area contributed by atoms with Crippen LogP contribution in [0.3, 0.4) is 0 Å². The number of hydrogen-bond acceptors (Lipinski definition) is 3. The van der Waals surface area contributed by atoms with Crippen molar-refractivity contribution in [2.75, 3.05) is 39.3 Å². The van der Waals surface area contributed by atoms with E-state index >= 15 is 0 Å². The average Bonchev–Trinajstić information content (AvgIpc) is 2.93. The number of fused-ring (bicyclic) bond motifs is 1. The fourth-order valence-corrected chi connectivity index (χ4v) is 4.03. The number of benzene rings is 2. The number of nitrogens with zero attached hydrogens (tertiary/aromatic N) is 2. The molecular formula is C23H28N2O3. The summed E-state index contributed by atoms with van der Waals surface area (Å²) in [7, 11) is 5.22. The molecule has 0 radical (unpaired) electrons. The molecule has 0 aromatic heterocycles. The molecule has 0 N–H and O–H groups in total. The van der Waals surface area contributed by atoms with Gasteiger partial charge in [0.15, 0.2) is 0 Å². The molecule has 1 aliphatic heterocycles. The molecule has 2 amide bonds. The molecule has 0 aliphatic carbocycles. The maximum absolute atomic E-state index is 13.4. The van der Waals surface area contributed by atoms with E-state index in [0.717, 1.165) is 16.8 Å². The Morgan fingerprint density at radius 1 is 1.11 bits per heavy atom. The van der Waals surface area contributed by atoms with Crippen LogP contribution in [0.4, 0.5) is 5.69 Å². The zero-order valence-electron chi connectivity index (χ0n) is 16.9. The largest absolute Gasteiger partial charge is 0.383 e. The van der Waals surface area contributed by atoms with Crippen molar-refractivity contribution >= 4 is 17.5 Å². The standard InChI is InChI=1S/C23H28N2O3/c1-24(15-16-28-3)21(26)13-14-23(17-18-9-5-4-6-10-18)19-11-7-8-12-20(19)25(2)22(23)27/h4-12H,13-17H2,1-3H3. The van der Waals surface area contributed by atoms with E-state index in [1.54, 1.807) is 24.0 Å². The lowest BCUT2D eigenvalue weighted by atomic mass is 9.73. The normalized spacial score (nSPS) is 18.2. The lowest BCUT2D eigenvalue weighted by Gasteiger charge is -2.29. The van der Waals surface area contributed by atoms with Gasteiger partial charge in [-0.3, -0.25) is 9.59 Å². The number of ether oxygens (including phenoxy) is 1. The number of anilines is 1. The molecule has 2 aromatic carbocycles. The van der Waals surface area contributed by atoms with Crippen LogP contribution in [0.2, 0.25) is 0 Å². The second-order valence-electron chi connectivity index (χ2n) is 7.43. The molecule has 2 aromatic rings. The SMILES string of the molecule is COCCN(C)C(=O)CCC1(Cc2ccccc2)C(=O)N(C)c2ccccc21. The molecule has 1 heterocycles. The molecular weight excluding hydrogens is 352 g/mol. The lowest BCUT2D eigenvalue weighted by molar-refractivity contribution is -0.131. The lowest BCUT2D eigenvalue weighted by Crippen LogP contribution is -2.42. The molecule has 3 rings (SSSR count). The number of likely N-dealkylation sites (N-methyl/N-ethyl adjacent to an activating group) is 2. The van der Waals surface area contributed by atoms with Crippen molar-refractivity contribution in [1.82, 2.24) is 4.90 Å². The second-order valence-corrected chi connectivity index (χ2v) is 7.43. The van der Waals surface area contributed by atoms with Crippen molar-refractivity contribution in [3.63, 3.8) is 0 Å². The third-order valence-corrected chi connectivity index (χ3v) is 5.67. The van der Waals surface area contributed by atoms with Gasteiger partial charge < -0.3 is 14.5 Å². The van der Waals surface area contributed by atoms with Gasteiger partial charge in [0.1, 0.15) is 0 Å². The van der Waals surface area contributed by atoms with Crippen molar-refractivity contribution in [3.8, 4) is 0 Å². The van der Waals surface area contributed by atoms with Crippen LogP contribution in [0.15, 0.2) is 54.6 Å². The molecule has 0 saturated heterocycles. The topological polar surface area (TPSA) is 49.9 Å². The van der Waals surface area contributed by atoms with Gasteiger partial charge in [-0.05, 0) is 30.0 Å². The summed E-state index contributed by atoms with van der Waals surface area (Å²) in [5.41, 5.74) is 2.33. The number of carbonyl (C=O) groups is 2. The highest BCUT2D eigenvalue weighted by Crippen LogP contribution is 2.46. The highest BCUT2D eigenvalue weighted by molar-refractivity contribution is 6.08. The fourth-order valence-electron chi connectivity index (χ4n) is 4.03. The maximum atomic E-state index is 13.4. The van der Waals surface area contributed by atoms with Crippen molar-refractivity contribution in [1.29, 1.82) is 0 Å². The minimum atomic E-state index is -0.718. The summed E-state index contributed by atoms with van der Waals surface area (Å²) in [6.45, 7) is 1.05. The quantitative estimate of drug-likeness (QED) is 0.707. The number of rotatable bonds is 8. The maximum Gasteiger partial charge on any atom is 0.237 e. The van der Waals surface area contributed by atoms with Crippen LogP contribution in [0.25, 0.3) is 0 Å². The molecule has 0 saturated carbocycles. The number of para-hydroxylation sites is 1. The first-order chi connectivity index (χ1) is 13.5. The summed E-state index contributed by atoms with van der Waals surface area (Å²) in [6, 6.07) is 18.0. The second kappa shape index (κ2) is 8.57. The summed E-state index contributed by atoms with van der Waals surface area (Å²) in [4.78, 5) is 29.5. The van der Waals surface area contributed by atoms with Crippen molar-refractivity contribution in [2.45, 2.75) is 24.7 Å². The van der Waals surface area contributed by atoms with Crippen LogP contribution < -0.4 is 4.90 Å². The van der Waals surface area contributed by atoms with Crippen molar-refractivity contribution < 1.29 is 14.3 Å². The van der Waals surface area contributed by atoms with Crippen molar-refractivity contribution in [3.05, 3.63) is 65.7 Å². The van der Waals surface area contributed by atoms with E-state index in [2.05, 4.69) is 0 Å². The number of methoxy groups -OCH3 is 1. The predicted molar refractivity (Wildman–Crippen MR) is 110 cm³/mol. The van der Waals surface area contributed by atoms with E-state index in [1.165, 1.54) is 0 Å². The van der Waals surface area contributed by atoms with Gasteiger partial charge in [0.2, 0.25) is 11.8 Å². The summed E-state index contributed by atoms with van der Waals surface area (Å²) >= 11 is 0. The van der Waals surface area contributed by atoms with Crippen LogP contribution in [-0.2, 0) is 26.2 Å². The van der Waals surface area contributed by atoms with E-state index in [4.69, 9.17) is 4.74 Å². The Morgan fingerprint density at radius 2 is 1.79 bits per heavy atom. The molecule has 1 aliphatic rings. The minimum absolute atomic E-state index is 0.0318. The molecule has 0 spiro atoms. The Morgan fingerprint density at radius 3 is 2.50 bits per heavy atom. The van der Waals surface area contributed by atoms with Gasteiger partial charge in [0.25, 0.3) is 0 Å². The molecule has 1 atom stereocenters. The molecule has 0 fully saturated rings. The Hall–Kier alpha value is -2.66. The minimum Gasteiger partial charge on any atom is -0.383 e. The Kier molecular flexibility index (Phi) is 6.15. The van der Waals surface area contributed by atoms with Gasteiger partial charge >= 0.3 is 0 Å². The van der Waals surface area contributed by atoms with Crippen LogP contribution in [0.5, 0.6) is 0 Å². The highest BCUT2D eigenvalue weighted by atomic mass is 16.5. The third-order valence-electron chi connectivity index (χ3n) is 5.67. The van der Waals surface area contributed by atoms with E-state index in [1.807, 2.05) is 61.6 Å². The number of carbonyl (C=O) groups excluding carboxylic acids is 2. The molecule has 0 bridgehead atoms. The summed E-state index contributed by atoms with van der Waals surface area (Å²) in [5, 5.41) is 0. The van der Waals surface area contributed by atoms with Gasteiger partial charge in [0.05, 0.1) is 12.0 Å². The molecule has 1 unspecified atom stereocenters. The predicted octanol–water partition coefficient (Wildman–Crippen LogP) is 3.03. The van der Waals surface area contributed by atoms with Crippen LogP contribution in [0, 0.1) is 0 Å². The third kappa shape index (κ3) is 3.80. The highest BCUT2D eigenvalue weighted by Gasteiger charge is 2.49. The smallest absolute Gasteiger partial charge is 0.237 e. The number of hydrogen-bond donors (Lipinski definition) is 0. The number of amides is 2. The van der Waals surface area contributed by atoms with E-state index in [0.29, 0.717) is 32.4 Å². The summed E-state index contributed by atoms with van der Waals surface area (Å²) in [6.07, 6.45) is 1.39. The van der Waals surface area contributed by atoms with E-state index in [-0.39, 0.29) is 11.8 Å². The summed E-state index contributed by atoms with van der Waals surface area (Å²) in [5.74, 6) is 0.0919. The van der Waals surface area contributed by atoms with E-state index < -0.39 is 5.41 Å². The fraction of sp³-hybridized carbons (Fsp3) is 0.391. The average molecular weight is 380 g/mol. The molecule has 28 heavy (non-hydrogen) atoms. The van der Waals surface area contributed by atoms with Crippen molar-refractivity contribution in [2.24, 2.45) is 0 Å². The first-order valence-electron chi connectivity index (χ1n) is 9.64. The van der Waals surface area contributed by atoms with Gasteiger partial charge in [-0.15, -0.1) is 0 Å². The Bertz CT molecular complexity index is 837. The Labute approximate surface area is 166 Å². The first-order valence-corrected chi connectivity index (χ1v) is 9.64. The zero-order valence-corrected chi connectivity index (χ0v) is 16.9. The molecule has 5 nitrogen and oxygen atoms in total. The zero-order chi connectivity index (χ0) is 20.1. The Balaban J connectivity index is 1.91. The van der Waals surface area contributed by atoms with E-state index in [9.17, 15) is 9.59 Å². The molecule has 148 valence electrons. The van der Waals surface area contributed by atoms with Crippen LogP contribution in [0.1, 0.15) is 24.0 Å². The van der Waals surface area contributed by atoms with Gasteiger partial charge in [0, 0.05) is 39.9 Å². The van der Waals surface area contributed by atoms with Gasteiger partial charge in [-0.2, -0.15) is 0 Å². The van der Waals surface area contributed by atoms with Crippen LogP contribution >= 0.6 is 0 Å². The van der Waals surface area contributed by atoms with Crippen LogP contribution in [-0.4, -0.2) is 51.1 Å². The first kappa shape index (κ1) is 20.1. The van der Waals surface area contributed by atoms with Gasteiger partial charge in [-0.25, -0.2) is 0 Å².